The Labute approximate surface area is 224 Å². The lowest BCUT2D eigenvalue weighted by Gasteiger charge is -2.38. The van der Waals surface area contributed by atoms with Crippen molar-refractivity contribution in [1.29, 1.82) is 0 Å². The van der Waals surface area contributed by atoms with Gasteiger partial charge in [0, 0.05) is 45.0 Å². The highest BCUT2D eigenvalue weighted by molar-refractivity contribution is 5.86. The average molecular weight is 517 g/mol. The van der Waals surface area contributed by atoms with E-state index in [9.17, 15) is 9.59 Å². The first-order valence-electron chi connectivity index (χ1n) is 13.3. The number of aromatic nitrogens is 3. The number of para-hydroxylation sites is 1. The maximum atomic E-state index is 13.9. The summed E-state index contributed by atoms with van der Waals surface area (Å²) in [6, 6.07) is 18.7. The third-order valence-electron chi connectivity index (χ3n) is 7.69. The van der Waals surface area contributed by atoms with Crippen LogP contribution < -0.4 is 4.90 Å². The lowest BCUT2D eigenvalue weighted by atomic mass is 10.0. The average Bonchev–Trinajstić information content (AvgIpc) is 3.61. The van der Waals surface area contributed by atoms with E-state index in [0.29, 0.717) is 38.5 Å². The SMILES string of the molecule is COC(=O)c1cn([C@@H]2C[C@@H](C(=O)N3CCN(c4ccccc4)CC3)N(Cc3ccc(C(C)C)cc3)C2)nn1. The predicted molar refractivity (Wildman–Crippen MR) is 145 cm³/mol. The summed E-state index contributed by atoms with van der Waals surface area (Å²) >= 11 is 0. The molecule has 1 amide bonds. The predicted octanol–water partition coefficient (Wildman–Crippen LogP) is 3.35. The summed E-state index contributed by atoms with van der Waals surface area (Å²) < 4.78 is 6.50. The molecule has 3 aromatic rings. The minimum Gasteiger partial charge on any atom is -0.464 e. The van der Waals surface area contributed by atoms with Gasteiger partial charge < -0.3 is 14.5 Å². The Morgan fingerprint density at radius 1 is 1.00 bits per heavy atom. The van der Waals surface area contributed by atoms with E-state index >= 15 is 0 Å². The second kappa shape index (κ2) is 11.3. The molecule has 9 nitrogen and oxygen atoms in total. The molecule has 3 heterocycles. The lowest BCUT2D eigenvalue weighted by molar-refractivity contribution is -0.136. The molecular weight excluding hydrogens is 480 g/mol. The van der Waals surface area contributed by atoms with Gasteiger partial charge in [0.05, 0.1) is 25.4 Å². The third kappa shape index (κ3) is 5.57. The number of amides is 1. The van der Waals surface area contributed by atoms with Gasteiger partial charge in [-0.05, 0) is 35.6 Å². The number of anilines is 1. The van der Waals surface area contributed by atoms with Gasteiger partial charge in [0.1, 0.15) is 0 Å². The summed E-state index contributed by atoms with van der Waals surface area (Å²) in [6.45, 7) is 8.72. The summed E-state index contributed by atoms with van der Waals surface area (Å²) in [5, 5.41) is 8.18. The van der Waals surface area contributed by atoms with Gasteiger partial charge in [-0.3, -0.25) is 9.69 Å². The van der Waals surface area contributed by atoms with Gasteiger partial charge in [0.25, 0.3) is 0 Å². The summed E-state index contributed by atoms with van der Waals surface area (Å²) in [4.78, 5) is 32.4. The van der Waals surface area contributed by atoms with Crippen molar-refractivity contribution < 1.29 is 14.3 Å². The molecule has 9 heteroatoms. The van der Waals surface area contributed by atoms with E-state index < -0.39 is 5.97 Å². The van der Waals surface area contributed by atoms with E-state index in [2.05, 4.69) is 70.4 Å². The van der Waals surface area contributed by atoms with Crippen molar-refractivity contribution in [3.63, 3.8) is 0 Å². The molecule has 200 valence electrons. The Hall–Kier alpha value is -3.72. The number of carbonyl (C=O) groups is 2. The second-order valence-electron chi connectivity index (χ2n) is 10.5. The molecule has 2 aliphatic rings. The Balaban J connectivity index is 1.31. The summed E-state index contributed by atoms with van der Waals surface area (Å²) in [7, 11) is 1.33. The Morgan fingerprint density at radius 2 is 1.71 bits per heavy atom. The maximum absolute atomic E-state index is 13.9. The van der Waals surface area contributed by atoms with E-state index in [1.807, 2.05) is 23.1 Å². The van der Waals surface area contributed by atoms with Gasteiger partial charge in [0.2, 0.25) is 5.91 Å². The summed E-state index contributed by atoms with van der Waals surface area (Å²) in [6.07, 6.45) is 2.24. The van der Waals surface area contributed by atoms with Crippen LogP contribution >= 0.6 is 0 Å². The van der Waals surface area contributed by atoms with E-state index in [0.717, 1.165) is 13.1 Å². The van der Waals surface area contributed by atoms with E-state index in [1.165, 1.54) is 23.9 Å². The molecule has 2 aliphatic heterocycles. The fourth-order valence-electron chi connectivity index (χ4n) is 5.43. The number of methoxy groups -OCH3 is 1. The molecule has 0 unspecified atom stereocenters. The maximum Gasteiger partial charge on any atom is 0.360 e. The van der Waals surface area contributed by atoms with Crippen LogP contribution in [-0.4, -0.2) is 82.5 Å². The quantitative estimate of drug-likeness (QED) is 0.446. The summed E-state index contributed by atoms with van der Waals surface area (Å²) in [5.74, 6) is 0.119. The highest BCUT2D eigenvalue weighted by Gasteiger charge is 2.40. The number of hydrogen-bond donors (Lipinski definition) is 0. The number of likely N-dealkylation sites (tertiary alicyclic amines) is 1. The molecule has 0 radical (unpaired) electrons. The normalized spacial score (nSPS) is 20.2. The van der Waals surface area contributed by atoms with E-state index in [4.69, 9.17) is 4.74 Å². The molecule has 0 bridgehead atoms. The van der Waals surface area contributed by atoms with E-state index in [1.54, 1.807) is 10.9 Å². The van der Waals surface area contributed by atoms with Gasteiger partial charge in [-0.15, -0.1) is 5.10 Å². The van der Waals surface area contributed by atoms with Gasteiger partial charge in [0.15, 0.2) is 5.69 Å². The van der Waals surface area contributed by atoms with E-state index in [-0.39, 0.29) is 23.7 Å². The Bertz CT molecular complexity index is 1230. The van der Waals surface area contributed by atoms with Gasteiger partial charge in [-0.1, -0.05) is 61.5 Å². The molecule has 0 aliphatic carbocycles. The molecule has 2 atom stereocenters. The smallest absolute Gasteiger partial charge is 0.360 e. The topological polar surface area (TPSA) is 83.8 Å². The monoisotopic (exact) mass is 516 g/mol. The van der Waals surface area contributed by atoms with Crippen LogP contribution in [0.5, 0.6) is 0 Å². The Kier molecular flexibility index (Phi) is 7.74. The number of rotatable bonds is 7. The number of piperazine rings is 1. The number of esters is 1. The second-order valence-corrected chi connectivity index (χ2v) is 10.5. The molecule has 0 N–H and O–H groups in total. The zero-order valence-corrected chi connectivity index (χ0v) is 22.4. The fourth-order valence-corrected chi connectivity index (χ4v) is 5.43. The van der Waals surface area contributed by atoms with Crippen LogP contribution in [0.1, 0.15) is 53.8 Å². The van der Waals surface area contributed by atoms with Crippen LogP contribution in [0.3, 0.4) is 0 Å². The molecule has 1 aromatic heterocycles. The van der Waals surface area contributed by atoms with Crippen molar-refractivity contribution in [3.05, 3.63) is 77.6 Å². The molecule has 2 fully saturated rings. The first-order chi connectivity index (χ1) is 18.4. The first-order valence-corrected chi connectivity index (χ1v) is 13.3. The highest BCUT2D eigenvalue weighted by Crippen LogP contribution is 2.31. The number of carbonyl (C=O) groups excluding carboxylic acids is 2. The third-order valence-corrected chi connectivity index (χ3v) is 7.69. The van der Waals surface area contributed by atoms with Crippen LogP contribution in [-0.2, 0) is 16.1 Å². The zero-order valence-electron chi connectivity index (χ0n) is 22.4. The highest BCUT2D eigenvalue weighted by atomic mass is 16.5. The number of benzene rings is 2. The minimum atomic E-state index is -0.514. The van der Waals surface area contributed by atoms with Crippen molar-refractivity contribution in [1.82, 2.24) is 24.8 Å². The van der Waals surface area contributed by atoms with Crippen molar-refractivity contribution in [2.24, 2.45) is 0 Å². The molecular formula is C29H36N6O3. The fraction of sp³-hybridized carbons (Fsp3) is 0.448. The molecule has 0 saturated carbocycles. The van der Waals surface area contributed by atoms with Crippen LogP contribution in [0.25, 0.3) is 0 Å². The van der Waals surface area contributed by atoms with Crippen molar-refractivity contribution in [2.45, 2.75) is 44.8 Å². The van der Waals surface area contributed by atoms with Crippen LogP contribution in [0.15, 0.2) is 60.8 Å². The Morgan fingerprint density at radius 3 is 2.37 bits per heavy atom. The first kappa shape index (κ1) is 25.9. The zero-order chi connectivity index (χ0) is 26.6. The standard InChI is InChI=1S/C29H36N6O3/c1-21(2)23-11-9-22(10-12-23)18-34-19-25(35-20-26(30-31-35)29(37)38-3)17-27(34)28(36)33-15-13-32(14-16-33)24-7-5-4-6-8-24/h4-12,20-21,25,27H,13-19H2,1-3H3/t25-,27+/m1/s1. The van der Waals surface area contributed by atoms with Crippen molar-refractivity contribution in [3.8, 4) is 0 Å². The van der Waals surface area contributed by atoms with Crippen LogP contribution in [0, 0.1) is 0 Å². The largest absolute Gasteiger partial charge is 0.464 e. The van der Waals surface area contributed by atoms with Gasteiger partial charge in [-0.25, -0.2) is 9.48 Å². The molecule has 2 saturated heterocycles. The molecule has 0 spiro atoms. The minimum absolute atomic E-state index is 0.0598. The molecule has 38 heavy (non-hydrogen) atoms. The summed E-state index contributed by atoms with van der Waals surface area (Å²) in [5.41, 5.74) is 3.85. The number of nitrogens with zero attached hydrogens (tertiary/aromatic N) is 6. The number of hydrogen-bond acceptors (Lipinski definition) is 7. The van der Waals surface area contributed by atoms with Gasteiger partial charge in [-0.2, -0.15) is 0 Å². The number of ether oxygens (including phenoxy) is 1. The lowest BCUT2D eigenvalue weighted by Crippen LogP contribution is -2.53. The van der Waals surface area contributed by atoms with Gasteiger partial charge >= 0.3 is 5.97 Å². The van der Waals surface area contributed by atoms with Crippen molar-refractivity contribution >= 4 is 17.6 Å². The van der Waals surface area contributed by atoms with Crippen LogP contribution in [0.4, 0.5) is 5.69 Å². The van der Waals surface area contributed by atoms with Crippen LogP contribution in [0.2, 0.25) is 0 Å². The van der Waals surface area contributed by atoms with Crippen molar-refractivity contribution in [2.75, 3.05) is 44.7 Å². The molecule has 2 aromatic carbocycles. The molecule has 5 rings (SSSR count).